The van der Waals surface area contributed by atoms with Crippen LogP contribution in [0.15, 0.2) is 41.4 Å². The van der Waals surface area contributed by atoms with Gasteiger partial charge in [-0.1, -0.05) is 17.7 Å². The van der Waals surface area contributed by atoms with Crippen LogP contribution in [0.1, 0.15) is 12.6 Å². The highest BCUT2D eigenvalue weighted by atomic mass is 35.5. The van der Waals surface area contributed by atoms with E-state index in [0.29, 0.717) is 17.9 Å². The van der Waals surface area contributed by atoms with Crippen molar-refractivity contribution < 1.29 is 12.8 Å². The van der Waals surface area contributed by atoms with E-state index in [1.54, 1.807) is 26.0 Å². The number of hydrogen-bond acceptors (Lipinski definition) is 4. The van der Waals surface area contributed by atoms with Gasteiger partial charge in [0.15, 0.2) is 0 Å². The molecule has 0 atom stereocenters. The Balaban J connectivity index is 2.02. The smallest absolute Gasteiger partial charge is 0.263 e. The van der Waals surface area contributed by atoms with Gasteiger partial charge in [-0.15, -0.1) is 0 Å². The van der Waals surface area contributed by atoms with Crippen LogP contribution in [0.3, 0.4) is 0 Å². The van der Waals surface area contributed by atoms with E-state index in [4.69, 9.17) is 11.6 Å². The number of benzene rings is 1. The number of anilines is 1. The van der Waals surface area contributed by atoms with Crippen LogP contribution in [-0.2, 0) is 16.6 Å². The highest BCUT2D eigenvalue weighted by molar-refractivity contribution is 7.92. The van der Waals surface area contributed by atoms with Crippen molar-refractivity contribution in [2.45, 2.75) is 25.3 Å². The average Bonchev–Trinajstić information content (AvgIpc) is 3.09. The third-order valence-corrected chi connectivity index (χ3v) is 5.32. The summed E-state index contributed by atoms with van der Waals surface area (Å²) in [5.41, 5.74) is 0.957. The van der Waals surface area contributed by atoms with Crippen molar-refractivity contribution in [3.05, 3.63) is 53.2 Å². The van der Waals surface area contributed by atoms with Crippen LogP contribution in [0.4, 0.5) is 10.2 Å². The zero-order valence-corrected chi connectivity index (χ0v) is 15.0. The summed E-state index contributed by atoms with van der Waals surface area (Å²) in [6.07, 6.45) is 1.18. The predicted octanol–water partition coefficient (Wildman–Crippen LogP) is 2.99. The first kappa shape index (κ1) is 17.4. The molecule has 0 aliphatic rings. The Bertz CT molecular complexity index is 1030. The molecule has 25 heavy (non-hydrogen) atoms. The first-order valence-electron chi connectivity index (χ1n) is 7.38. The highest BCUT2D eigenvalue weighted by Gasteiger charge is 2.24. The lowest BCUT2D eigenvalue weighted by Gasteiger charge is -2.10. The van der Waals surface area contributed by atoms with E-state index in [2.05, 4.69) is 14.9 Å². The van der Waals surface area contributed by atoms with Crippen molar-refractivity contribution in [2.24, 2.45) is 0 Å². The Hall–Kier alpha value is -2.39. The Morgan fingerprint density at radius 3 is 2.72 bits per heavy atom. The molecule has 0 fully saturated rings. The number of nitrogens with zero attached hydrogens (tertiary/aromatic N) is 4. The minimum absolute atomic E-state index is 0.0172. The maximum absolute atomic E-state index is 13.5. The Kier molecular flexibility index (Phi) is 4.53. The fourth-order valence-corrected chi connectivity index (χ4v) is 3.88. The molecule has 0 aliphatic heterocycles. The van der Waals surface area contributed by atoms with Crippen molar-refractivity contribution in [3.63, 3.8) is 0 Å². The molecule has 0 spiro atoms. The van der Waals surface area contributed by atoms with Gasteiger partial charge < -0.3 is 0 Å². The molecule has 2 heterocycles. The first-order valence-corrected chi connectivity index (χ1v) is 9.24. The van der Waals surface area contributed by atoms with Crippen LogP contribution in [0.2, 0.25) is 5.15 Å². The summed E-state index contributed by atoms with van der Waals surface area (Å²) in [5, 5.41) is 8.16. The molecule has 1 aromatic carbocycles. The van der Waals surface area contributed by atoms with Gasteiger partial charge in [0.1, 0.15) is 21.7 Å². The summed E-state index contributed by atoms with van der Waals surface area (Å²) in [7, 11) is -3.98. The number of aryl methyl sites for hydroxylation is 2. The Morgan fingerprint density at radius 2 is 2.08 bits per heavy atom. The molecule has 2 aromatic heterocycles. The molecule has 0 bridgehead atoms. The van der Waals surface area contributed by atoms with Gasteiger partial charge in [0.2, 0.25) is 0 Å². The predicted molar refractivity (Wildman–Crippen MR) is 92.0 cm³/mol. The molecule has 7 nitrogen and oxygen atoms in total. The number of rotatable bonds is 5. The normalized spacial score (nSPS) is 11.7. The molecular formula is C15H15ClFN5O2S. The second kappa shape index (κ2) is 6.49. The third-order valence-electron chi connectivity index (χ3n) is 3.46. The summed E-state index contributed by atoms with van der Waals surface area (Å²) in [5.74, 6) is -0.282. The van der Waals surface area contributed by atoms with Gasteiger partial charge >= 0.3 is 0 Å². The van der Waals surface area contributed by atoms with E-state index in [-0.39, 0.29) is 15.9 Å². The molecule has 3 aromatic rings. The summed E-state index contributed by atoms with van der Waals surface area (Å²) in [6.45, 7) is 3.94. The van der Waals surface area contributed by atoms with Crippen LogP contribution >= 0.6 is 11.6 Å². The quantitative estimate of drug-likeness (QED) is 0.734. The number of halogens is 2. The number of nitrogens with one attached hydrogen (secondary N) is 1. The molecule has 0 saturated carbocycles. The second-order valence-corrected chi connectivity index (χ2v) is 7.29. The Labute approximate surface area is 149 Å². The van der Waals surface area contributed by atoms with Gasteiger partial charge in [-0.05, 0) is 32.0 Å². The Morgan fingerprint density at radius 1 is 1.32 bits per heavy atom. The third kappa shape index (κ3) is 3.38. The lowest BCUT2D eigenvalue weighted by molar-refractivity contribution is 0.600. The fraction of sp³-hybridized carbons (Fsp3) is 0.200. The molecule has 0 aliphatic carbocycles. The van der Waals surface area contributed by atoms with Crippen LogP contribution in [0, 0.1) is 12.7 Å². The fourth-order valence-electron chi connectivity index (χ4n) is 2.32. The number of hydrogen-bond donors (Lipinski definition) is 1. The average molecular weight is 384 g/mol. The zero-order valence-electron chi connectivity index (χ0n) is 13.4. The van der Waals surface area contributed by atoms with E-state index in [9.17, 15) is 12.8 Å². The molecule has 132 valence electrons. The maximum atomic E-state index is 13.5. The van der Waals surface area contributed by atoms with Gasteiger partial charge in [0.25, 0.3) is 10.0 Å². The topological polar surface area (TPSA) is 81.8 Å². The minimum Gasteiger partial charge on any atom is -0.263 e. The zero-order chi connectivity index (χ0) is 18.2. The number of aromatic nitrogens is 4. The molecule has 0 saturated heterocycles. The summed E-state index contributed by atoms with van der Waals surface area (Å²) in [4.78, 5) is -0.138. The SMILES string of the molecule is CCn1ncc(S(=O)(=O)Nc2cc(C)nn2-c2cccc(F)c2)c1Cl. The summed E-state index contributed by atoms with van der Waals surface area (Å²) >= 11 is 6.07. The van der Waals surface area contributed by atoms with Crippen molar-refractivity contribution in [2.75, 3.05) is 4.72 Å². The monoisotopic (exact) mass is 383 g/mol. The van der Waals surface area contributed by atoms with Gasteiger partial charge in [-0.25, -0.2) is 17.5 Å². The van der Waals surface area contributed by atoms with Crippen LogP contribution < -0.4 is 4.72 Å². The summed E-state index contributed by atoms with van der Waals surface area (Å²) in [6, 6.07) is 7.23. The number of sulfonamides is 1. The van der Waals surface area contributed by atoms with Crippen molar-refractivity contribution in [3.8, 4) is 5.69 Å². The van der Waals surface area contributed by atoms with E-state index in [0.717, 1.165) is 0 Å². The molecule has 10 heteroatoms. The first-order chi connectivity index (χ1) is 11.8. The van der Waals surface area contributed by atoms with Gasteiger partial charge in [0, 0.05) is 12.6 Å². The van der Waals surface area contributed by atoms with Crippen LogP contribution in [-0.4, -0.2) is 28.0 Å². The lowest BCUT2D eigenvalue weighted by atomic mass is 10.3. The van der Waals surface area contributed by atoms with E-state index < -0.39 is 15.8 Å². The van der Waals surface area contributed by atoms with E-state index in [1.807, 2.05) is 0 Å². The van der Waals surface area contributed by atoms with E-state index >= 15 is 0 Å². The van der Waals surface area contributed by atoms with Crippen molar-refractivity contribution in [1.29, 1.82) is 0 Å². The maximum Gasteiger partial charge on any atom is 0.267 e. The summed E-state index contributed by atoms with van der Waals surface area (Å²) < 4.78 is 43.9. The molecule has 0 radical (unpaired) electrons. The van der Waals surface area contributed by atoms with E-state index in [1.165, 1.54) is 33.8 Å². The van der Waals surface area contributed by atoms with Gasteiger partial charge in [-0.3, -0.25) is 9.40 Å². The molecule has 3 rings (SSSR count). The molecule has 1 N–H and O–H groups in total. The standard InChI is InChI=1S/C15H15ClFN5O2S/c1-3-21-15(16)13(9-18-21)25(23,24)20-14-7-10(2)19-22(14)12-6-4-5-11(17)8-12/h4-9,20H,3H2,1-2H3. The largest absolute Gasteiger partial charge is 0.267 e. The molecule has 0 amide bonds. The van der Waals surface area contributed by atoms with Crippen LogP contribution in [0.5, 0.6) is 0 Å². The second-order valence-electron chi connectivity index (χ2n) is 5.28. The van der Waals surface area contributed by atoms with Gasteiger partial charge in [0.05, 0.1) is 17.6 Å². The van der Waals surface area contributed by atoms with Crippen molar-refractivity contribution >= 4 is 27.4 Å². The molecule has 0 unspecified atom stereocenters. The van der Waals surface area contributed by atoms with Crippen molar-refractivity contribution in [1.82, 2.24) is 19.6 Å². The van der Waals surface area contributed by atoms with Gasteiger partial charge in [-0.2, -0.15) is 10.2 Å². The molecular weight excluding hydrogens is 369 g/mol. The minimum atomic E-state index is -3.98. The lowest BCUT2D eigenvalue weighted by Crippen LogP contribution is -2.16. The highest BCUT2D eigenvalue weighted by Crippen LogP contribution is 2.25. The van der Waals surface area contributed by atoms with Crippen LogP contribution in [0.25, 0.3) is 5.69 Å².